The zero-order chi connectivity index (χ0) is 20.4. The number of halogens is 1. The summed E-state index contributed by atoms with van der Waals surface area (Å²) in [4.78, 5) is 13.1. The molecule has 0 unspecified atom stereocenters. The fourth-order valence-electron chi connectivity index (χ4n) is 3.38. The van der Waals surface area contributed by atoms with Crippen molar-refractivity contribution >= 4 is 11.4 Å². The molecule has 5 nitrogen and oxygen atoms in total. The van der Waals surface area contributed by atoms with Gasteiger partial charge in [0.1, 0.15) is 17.3 Å². The number of aromatic nitrogens is 2. The van der Waals surface area contributed by atoms with Gasteiger partial charge in [0.2, 0.25) is 0 Å². The molecule has 0 saturated heterocycles. The molecule has 1 N–H and O–H groups in total. The van der Waals surface area contributed by atoms with Crippen LogP contribution in [0.3, 0.4) is 0 Å². The molecule has 0 radical (unpaired) electrons. The molecule has 0 saturated carbocycles. The molecule has 2 aromatic carbocycles. The van der Waals surface area contributed by atoms with Crippen LogP contribution in [-0.4, -0.2) is 9.72 Å². The Bertz CT molecular complexity index is 1190. The first-order chi connectivity index (χ1) is 14.0. The monoisotopic (exact) mass is 389 g/mol. The fraction of sp³-hybridized carbons (Fsp3) is 0.130. The first-order valence-corrected chi connectivity index (χ1v) is 9.25. The highest BCUT2D eigenvalue weighted by Crippen LogP contribution is 2.28. The number of hydrogen-bond donors (Lipinski definition) is 1. The Morgan fingerprint density at radius 1 is 1.07 bits per heavy atom. The summed E-state index contributed by atoms with van der Waals surface area (Å²) >= 11 is 0. The molecule has 6 heteroatoms. The van der Waals surface area contributed by atoms with Gasteiger partial charge >= 0.3 is 0 Å². The molecule has 0 fully saturated rings. The first-order valence-electron chi connectivity index (χ1n) is 9.25. The van der Waals surface area contributed by atoms with Gasteiger partial charge in [-0.15, -0.1) is 0 Å². The number of nitrogens with one attached hydrogen (secondary N) is 1. The Morgan fingerprint density at radius 2 is 1.86 bits per heavy atom. The Morgan fingerprint density at radius 3 is 2.55 bits per heavy atom. The molecular formula is C23H20FN3O2. The van der Waals surface area contributed by atoms with Gasteiger partial charge in [-0.2, -0.15) is 0 Å². The van der Waals surface area contributed by atoms with Crippen molar-refractivity contribution in [2.24, 2.45) is 0 Å². The van der Waals surface area contributed by atoms with E-state index in [-0.39, 0.29) is 11.4 Å². The number of anilines is 2. The number of rotatable bonds is 5. The van der Waals surface area contributed by atoms with Gasteiger partial charge in [0.15, 0.2) is 0 Å². The maximum absolute atomic E-state index is 13.6. The highest BCUT2D eigenvalue weighted by atomic mass is 19.1. The van der Waals surface area contributed by atoms with Gasteiger partial charge in [-0.05, 0) is 43.7 Å². The van der Waals surface area contributed by atoms with Gasteiger partial charge in [0.25, 0.3) is 5.56 Å². The Labute approximate surface area is 167 Å². The van der Waals surface area contributed by atoms with Gasteiger partial charge in [-0.25, -0.2) is 4.39 Å². The van der Waals surface area contributed by atoms with Gasteiger partial charge in [0, 0.05) is 23.0 Å². The smallest absolute Gasteiger partial charge is 0.274 e. The molecule has 0 amide bonds. The van der Waals surface area contributed by atoms with E-state index < -0.39 is 0 Å². The molecule has 146 valence electrons. The lowest BCUT2D eigenvalue weighted by Crippen LogP contribution is -2.23. The fourth-order valence-corrected chi connectivity index (χ4v) is 3.38. The summed E-state index contributed by atoms with van der Waals surface area (Å²) in [6, 6.07) is 17.5. The zero-order valence-corrected chi connectivity index (χ0v) is 16.1. The normalized spacial score (nSPS) is 10.9. The zero-order valence-electron chi connectivity index (χ0n) is 16.1. The predicted octanol–water partition coefficient (Wildman–Crippen LogP) is 5.05. The third-order valence-corrected chi connectivity index (χ3v) is 4.71. The van der Waals surface area contributed by atoms with Crippen LogP contribution < -0.4 is 10.9 Å². The number of nitrogens with zero attached hydrogens (tertiary/aromatic N) is 2. The van der Waals surface area contributed by atoms with Crippen molar-refractivity contribution in [2.75, 3.05) is 5.32 Å². The van der Waals surface area contributed by atoms with Crippen LogP contribution in [-0.2, 0) is 6.54 Å². The maximum atomic E-state index is 13.6. The second-order valence-corrected chi connectivity index (χ2v) is 6.90. The molecule has 0 spiro atoms. The van der Waals surface area contributed by atoms with Crippen LogP contribution in [0.1, 0.15) is 17.0 Å². The first kappa shape index (κ1) is 18.7. The molecule has 2 aromatic heterocycles. The largest absolute Gasteiger partial charge is 0.361 e. The van der Waals surface area contributed by atoms with E-state index in [0.717, 1.165) is 22.4 Å². The molecule has 0 aliphatic heterocycles. The molecule has 0 aliphatic rings. The maximum Gasteiger partial charge on any atom is 0.274 e. The Hall–Kier alpha value is -3.67. The standard InChI is InChI=1S/C23H20FN3O2/c1-15-22(16(2)29-26-15)18-11-21(25-20-10-6-9-19(24)12-20)23(28)27(14-18)13-17-7-4-3-5-8-17/h3-12,14,25H,13H2,1-2H3. The number of hydrogen-bond acceptors (Lipinski definition) is 4. The second-order valence-electron chi connectivity index (χ2n) is 6.90. The van der Waals surface area contributed by atoms with E-state index in [4.69, 9.17) is 4.52 Å². The number of benzene rings is 2. The van der Waals surface area contributed by atoms with E-state index in [1.165, 1.54) is 12.1 Å². The van der Waals surface area contributed by atoms with Crippen LogP contribution in [0.4, 0.5) is 15.8 Å². The Kier molecular flexibility index (Phi) is 4.99. The van der Waals surface area contributed by atoms with Crippen LogP contribution in [0.5, 0.6) is 0 Å². The predicted molar refractivity (Wildman–Crippen MR) is 111 cm³/mol. The molecule has 29 heavy (non-hydrogen) atoms. The third-order valence-electron chi connectivity index (χ3n) is 4.71. The summed E-state index contributed by atoms with van der Waals surface area (Å²) < 4.78 is 20.5. The Balaban J connectivity index is 1.84. The summed E-state index contributed by atoms with van der Waals surface area (Å²) in [6.45, 7) is 4.11. The van der Waals surface area contributed by atoms with E-state index in [1.54, 1.807) is 29.0 Å². The number of aryl methyl sites for hydroxylation is 2. The van der Waals surface area contributed by atoms with Crippen molar-refractivity contribution in [1.29, 1.82) is 0 Å². The van der Waals surface area contributed by atoms with Gasteiger partial charge < -0.3 is 14.4 Å². The molecule has 4 aromatic rings. The van der Waals surface area contributed by atoms with Gasteiger partial charge in [0.05, 0.1) is 12.2 Å². The van der Waals surface area contributed by atoms with Crippen LogP contribution in [0, 0.1) is 19.7 Å². The minimum Gasteiger partial charge on any atom is -0.361 e. The summed E-state index contributed by atoms with van der Waals surface area (Å²) in [5.41, 5.74) is 4.04. The average Bonchev–Trinajstić information content (AvgIpc) is 3.04. The second kappa shape index (κ2) is 7.75. The lowest BCUT2D eigenvalue weighted by molar-refractivity contribution is 0.393. The van der Waals surface area contributed by atoms with E-state index in [2.05, 4.69) is 10.5 Å². The quantitative estimate of drug-likeness (QED) is 0.519. The molecule has 4 rings (SSSR count). The van der Waals surface area contributed by atoms with Crippen LogP contribution in [0.25, 0.3) is 11.1 Å². The van der Waals surface area contributed by atoms with Crippen molar-refractivity contribution in [3.8, 4) is 11.1 Å². The minimum atomic E-state index is -0.374. The van der Waals surface area contributed by atoms with Crippen LogP contribution >= 0.6 is 0 Å². The topological polar surface area (TPSA) is 60.1 Å². The molecule has 0 aliphatic carbocycles. The summed E-state index contributed by atoms with van der Waals surface area (Å²) in [5, 5.41) is 7.08. The highest BCUT2D eigenvalue weighted by molar-refractivity contribution is 5.72. The average molecular weight is 389 g/mol. The summed E-state index contributed by atoms with van der Waals surface area (Å²) in [5.74, 6) is 0.297. The van der Waals surface area contributed by atoms with E-state index in [0.29, 0.717) is 23.7 Å². The summed E-state index contributed by atoms with van der Waals surface area (Å²) in [6.07, 6.45) is 1.80. The SMILES string of the molecule is Cc1noc(C)c1-c1cc(Nc2cccc(F)c2)c(=O)n(Cc2ccccc2)c1. The highest BCUT2D eigenvalue weighted by Gasteiger charge is 2.16. The molecule has 2 heterocycles. The van der Waals surface area contributed by atoms with Gasteiger partial charge in [-0.3, -0.25) is 4.79 Å². The lowest BCUT2D eigenvalue weighted by Gasteiger charge is -2.14. The van der Waals surface area contributed by atoms with Crippen molar-refractivity contribution in [3.63, 3.8) is 0 Å². The van der Waals surface area contributed by atoms with Crippen molar-refractivity contribution in [1.82, 2.24) is 9.72 Å². The van der Waals surface area contributed by atoms with E-state index >= 15 is 0 Å². The van der Waals surface area contributed by atoms with Gasteiger partial charge in [-0.1, -0.05) is 41.6 Å². The third kappa shape index (κ3) is 3.96. The van der Waals surface area contributed by atoms with Crippen LogP contribution in [0.2, 0.25) is 0 Å². The van der Waals surface area contributed by atoms with Crippen molar-refractivity contribution < 1.29 is 8.91 Å². The molecule has 0 atom stereocenters. The van der Waals surface area contributed by atoms with E-state index in [9.17, 15) is 9.18 Å². The lowest BCUT2D eigenvalue weighted by atomic mass is 10.1. The van der Waals surface area contributed by atoms with Crippen LogP contribution in [0.15, 0.2) is 76.2 Å². The minimum absolute atomic E-state index is 0.200. The van der Waals surface area contributed by atoms with Crippen molar-refractivity contribution in [2.45, 2.75) is 20.4 Å². The number of pyridine rings is 1. The van der Waals surface area contributed by atoms with E-state index in [1.807, 2.05) is 44.2 Å². The van der Waals surface area contributed by atoms with Crippen molar-refractivity contribution in [3.05, 3.63) is 100 Å². The molecule has 0 bridgehead atoms. The summed E-state index contributed by atoms with van der Waals surface area (Å²) in [7, 11) is 0. The molecular weight excluding hydrogens is 369 g/mol.